The second kappa shape index (κ2) is 8.84. The number of morpholine rings is 1. The fourth-order valence-corrected chi connectivity index (χ4v) is 2.10. The first-order chi connectivity index (χ1) is 7.84. The third-order valence-electron chi connectivity index (χ3n) is 2.54. The van der Waals surface area contributed by atoms with Crippen LogP contribution >= 0.6 is 11.8 Å². The number of amides is 1. The summed E-state index contributed by atoms with van der Waals surface area (Å²) in [6, 6.07) is 0. The van der Waals surface area contributed by atoms with Gasteiger partial charge in [-0.05, 0) is 24.9 Å². The molecule has 5 heteroatoms. The molecule has 4 nitrogen and oxygen atoms in total. The zero-order valence-electron chi connectivity index (χ0n) is 9.96. The molecule has 94 valence electrons. The Morgan fingerprint density at radius 2 is 2.38 bits per heavy atom. The number of thioether (sulfide) groups is 1. The molecule has 1 fully saturated rings. The van der Waals surface area contributed by atoms with Crippen molar-refractivity contribution < 1.29 is 9.53 Å². The van der Waals surface area contributed by atoms with E-state index in [1.54, 1.807) is 0 Å². The number of ether oxygens (including phenoxy) is 1. The summed E-state index contributed by atoms with van der Waals surface area (Å²) in [5.74, 6) is 1.24. The standard InChI is InChI=1S/C11H22N2O2S/c1-16-8-4-2-3-5-13-11(14)10-9-12-6-7-15-10/h10,12H,2-9H2,1H3,(H,13,14). The molecule has 0 spiro atoms. The minimum absolute atomic E-state index is 0.0251. The zero-order chi connectivity index (χ0) is 11.6. The molecule has 1 aliphatic rings. The third kappa shape index (κ3) is 5.72. The zero-order valence-corrected chi connectivity index (χ0v) is 10.8. The van der Waals surface area contributed by atoms with Gasteiger partial charge in [-0.2, -0.15) is 11.8 Å². The van der Waals surface area contributed by atoms with Gasteiger partial charge >= 0.3 is 0 Å². The van der Waals surface area contributed by atoms with Crippen LogP contribution in [0.25, 0.3) is 0 Å². The van der Waals surface area contributed by atoms with Crippen molar-refractivity contribution in [1.29, 1.82) is 0 Å². The maximum atomic E-state index is 11.6. The summed E-state index contributed by atoms with van der Waals surface area (Å²) in [4.78, 5) is 11.6. The number of carbonyl (C=O) groups is 1. The molecule has 1 rings (SSSR count). The van der Waals surface area contributed by atoms with Gasteiger partial charge in [0.15, 0.2) is 0 Å². The van der Waals surface area contributed by atoms with Crippen LogP contribution in [0.2, 0.25) is 0 Å². The second-order valence-corrected chi connectivity index (χ2v) is 4.89. The van der Waals surface area contributed by atoms with Gasteiger partial charge < -0.3 is 15.4 Å². The Bertz CT molecular complexity index is 196. The predicted molar refractivity (Wildman–Crippen MR) is 67.9 cm³/mol. The lowest BCUT2D eigenvalue weighted by Crippen LogP contribution is -2.48. The van der Waals surface area contributed by atoms with E-state index < -0.39 is 0 Å². The van der Waals surface area contributed by atoms with Crippen LogP contribution in [-0.4, -0.2) is 50.3 Å². The van der Waals surface area contributed by atoms with Crippen molar-refractivity contribution in [2.75, 3.05) is 38.2 Å². The summed E-state index contributed by atoms with van der Waals surface area (Å²) in [7, 11) is 0. The van der Waals surface area contributed by atoms with Crippen LogP contribution in [0.3, 0.4) is 0 Å². The lowest BCUT2D eigenvalue weighted by atomic mass is 10.2. The lowest BCUT2D eigenvalue weighted by Gasteiger charge is -2.22. The summed E-state index contributed by atoms with van der Waals surface area (Å²) < 4.78 is 5.36. The minimum atomic E-state index is -0.292. The molecule has 0 aromatic heterocycles. The highest BCUT2D eigenvalue weighted by Gasteiger charge is 2.20. The van der Waals surface area contributed by atoms with Gasteiger partial charge in [-0.3, -0.25) is 4.79 Å². The Morgan fingerprint density at radius 1 is 1.50 bits per heavy atom. The molecule has 1 amide bonds. The summed E-state index contributed by atoms with van der Waals surface area (Å²) in [6.07, 6.45) is 5.31. The quantitative estimate of drug-likeness (QED) is 0.647. The number of carbonyl (C=O) groups excluding carboxylic acids is 1. The number of rotatable bonds is 7. The van der Waals surface area contributed by atoms with E-state index in [1.807, 2.05) is 11.8 Å². The first-order valence-electron chi connectivity index (χ1n) is 5.93. The average molecular weight is 246 g/mol. The smallest absolute Gasteiger partial charge is 0.250 e. The molecule has 1 unspecified atom stereocenters. The molecule has 0 aliphatic carbocycles. The maximum Gasteiger partial charge on any atom is 0.250 e. The fraction of sp³-hybridized carbons (Fsp3) is 0.909. The molecular weight excluding hydrogens is 224 g/mol. The van der Waals surface area contributed by atoms with Gasteiger partial charge in [0.25, 0.3) is 0 Å². The topological polar surface area (TPSA) is 50.4 Å². The lowest BCUT2D eigenvalue weighted by molar-refractivity contribution is -0.134. The van der Waals surface area contributed by atoms with Gasteiger partial charge in [0.1, 0.15) is 6.10 Å². The molecule has 1 atom stereocenters. The van der Waals surface area contributed by atoms with E-state index >= 15 is 0 Å². The van der Waals surface area contributed by atoms with E-state index in [1.165, 1.54) is 18.6 Å². The van der Waals surface area contributed by atoms with E-state index in [4.69, 9.17) is 4.74 Å². The molecule has 1 heterocycles. The minimum Gasteiger partial charge on any atom is -0.366 e. The highest BCUT2D eigenvalue weighted by atomic mass is 32.2. The van der Waals surface area contributed by atoms with Crippen LogP contribution in [-0.2, 0) is 9.53 Å². The van der Waals surface area contributed by atoms with Crippen LogP contribution < -0.4 is 10.6 Å². The Labute approximate surface area is 102 Å². The monoisotopic (exact) mass is 246 g/mol. The van der Waals surface area contributed by atoms with E-state index in [0.717, 1.165) is 19.5 Å². The Morgan fingerprint density at radius 3 is 3.06 bits per heavy atom. The normalized spacial score (nSPS) is 20.7. The maximum absolute atomic E-state index is 11.6. The molecule has 1 aliphatic heterocycles. The Hall–Kier alpha value is -0.260. The SMILES string of the molecule is CSCCCCCNC(=O)C1CNCCO1. The molecule has 0 aromatic rings. The second-order valence-electron chi connectivity index (χ2n) is 3.91. The highest BCUT2D eigenvalue weighted by Crippen LogP contribution is 2.01. The van der Waals surface area contributed by atoms with Crippen molar-refractivity contribution >= 4 is 17.7 Å². The van der Waals surface area contributed by atoms with E-state index in [2.05, 4.69) is 16.9 Å². The van der Waals surface area contributed by atoms with Gasteiger partial charge in [0.2, 0.25) is 5.91 Å². The molecule has 0 aromatic carbocycles. The van der Waals surface area contributed by atoms with Crippen molar-refractivity contribution in [3.63, 3.8) is 0 Å². The first kappa shape index (κ1) is 13.8. The van der Waals surface area contributed by atoms with Crippen molar-refractivity contribution in [2.45, 2.75) is 25.4 Å². The molecule has 16 heavy (non-hydrogen) atoms. The number of unbranched alkanes of at least 4 members (excludes halogenated alkanes) is 2. The molecular formula is C11H22N2O2S. The molecule has 0 bridgehead atoms. The van der Waals surface area contributed by atoms with Gasteiger partial charge in [0.05, 0.1) is 6.61 Å². The van der Waals surface area contributed by atoms with Crippen molar-refractivity contribution in [3.8, 4) is 0 Å². The van der Waals surface area contributed by atoms with Crippen molar-refractivity contribution in [3.05, 3.63) is 0 Å². The van der Waals surface area contributed by atoms with E-state index in [0.29, 0.717) is 13.2 Å². The van der Waals surface area contributed by atoms with Crippen LogP contribution in [0.4, 0.5) is 0 Å². The summed E-state index contributed by atoms with van der Waals surface area (Å²) in [5, 5.41) is 6.06. The van der Waals surface area contributed by atoms with Crippen molar-refractivity contribution in [1.82, 2.24) is 10.6 Å². The molecule has 0 radical (unpaired) electrons. The van der Waals surface area contributed by atoms with Crippen LogP contribution in [0.5, 0.6) is 0 Å². The summed E-state index contributed by atoms with van der Waals surface area (Å²) >= 11 is 1.87. The summed E-state index contributed by atoms with van der Waals surface area (Å²) in [5.41, 5.74) is 0. The van der Waals surface area contributed by atoms with Crippen LogP contribution in [0.1, 0.15) is 19.3 Å². The third-order valence-corrected chi connectivity index (χ3v) is 3.24. The van der Waals surface area contributed by atoms with Gasteiger partial charge in [-0.1, -0.05) is 6.42 Å². The Balaban J connectivity index is 1.97. The number of nitrogens with one attached hydrogen (secondary N) is 2. The largest absolute Gasteiger partial charge is 0.366 e. The Kier molecular flexibility index (Phi) is 7.63. The van der Waals surface area contributed by atoms with E-state index in [9.17, 15) is 4.79 Å². The van der Waals surface area contributed by atoms with Crippen LogP contribution in [0.15, 0.2) is 0 Å². The average Bonchev–Trinajstić information content (AvgIpc) is 2.34. The molecule has 1 saturated heterocycles. The number of hydrogen-bond donors (Lipinski definition) is 2. The first-order valence-corrected chi connectivity index (χ1v) is 7.33. The predicted octanol–water partition coefficient (Wildman–Crippen LogP) is 0.624. The highest BCUT2D eigenvalue weighted by molar-refractivity contribution is 7.98. The van der Waals surface area contributed by atoms with Gasteiger partial charge in [-0.15, -0.1) is 0 Å². The number of hydrogen-bond acceptors (Lipinski definition) is 4. The van der Waals surface area contributed by atoms with Gasteiger partial charge in [0, 0.05) is 19.6 Å². The van der Waals surface area contributed by atoms with Crippen LogP contribution in [0, 0.1) is 0 Å². The summed E-state index contributed by atoms with van der Waals surface area (Å²) in [6.45, 7) is 2.88. The van der Waals surface area contributed by atoms with Gasteiger partial charge in [-0.25, -0.2) is 0 Å². The van der Waals surface area contributed by atoms with Crippen molar-refractivity contribution in [2.24, 2.45) is 0 Å². The van der Waals surface area contributed by atoms with E-state index in [-0.39, 0.29) is 12.0 Å². The molecule has 0 saturated carbocycles. The molecule has 2 N–H and O–H groups in total. The fourth-order valence-electron chi connectivity index (χ4n) is 1.61.